The minimum absolute atomic E-state index is 0.0667. The fourth-order valence-electron chi connectivity index (χ4n) is 3.40. The number of nitrogens with two attached hydrogens (primary N) is 1. The molecule has 1 fully saturated rings. The monoisotopic (exact) mass is 332 g/mol. The first-order chi connectivity index (χ1) is 11.6. The molecule has 1 aromatic heterocycles. The maximum absolute atomic E-state index is 12.3. The second kappa shape index (κ2) is 7.19. The predicted molar refractivity (Wildman–Crippen MR) is 91.9 cm³/mol. The second-order valence-electron chi connectivity index (χ2n) is 6.23. The van der Waals surface area contributed by atoms with Crippen LogP contribution in [0.5, 0.6) is 0 Å². The SMILES string of the molecule is COC(CN)CC(=O)N1CCC(n2c(=O)[nH]c3ccccc32)CC1. The van der Waals surface area contributed by atoms with Gasteiger partial charge in [-0.3, -0.25) is 9.36 Å². The van der Waals surface area contributed by atoms with Gasteiger partial charge in [0.05, 0.1) is 23.6 Å². The molecule has 0 saturated carbocycles. The maximum Gasteiger partial charge on any atom is 0.326 e. The predicted octanol–water partition coefficient (Wildman–Crippen LogP) is 0.857. The lowest BCUT2D eigenvalue weighted by atomic mass is 10.0. The van der Waals surface area contributed by atoms with Gasteiger partial charge in [-0.1, -0.05) is 12.1 Å². The fraction of sp³-hybridized carbons (Fsp3) is 0.529. The number of amides is 1. The molecular formula is C17H24N4O3. The molecule has 24 heavy (non-hydrogen) atoms. The Morgan fingerprint density at radius 3 is 2.75 bits per heavy atom. The van der Waals surface area contributed by atoms with Crippen LogP contribution in [0.15, 0.2) is 29.1 Å². The molecule has 1 aliphatic heterocycles. The Hall–Kier alpha value is -2.12. The highest BCUT2D eigenvalue weighted by Crippen LogP contribution is 2.25. The number of para-hydroxylation sites is 2. The van der Waals surface area contributed by atoms with E-state index in [0.29, 0.717) is 26.1 Å². The number of aromatic nitrogens is 2. The number of nitrogens with one attached hydrogen (secondary N) is 1. The number of ether oxygens (including phenoxy) is 1. The number of likely N-dealkylation sites (tertiary alicyclic amines) is 1. The highest BCUT2D eigenvalue weighted by atomic mass is 16.5. The summed E-state index contributed by atoms with van der Waals surface area (Å²) in [6.45, 7) is 1.64. The second-order valence-corrected chi connectivity index (χ2v) is 6.23. The number of carbonyl (C=O) groups excluding carboxylic acids is 1. The van der Waals surface area contributed by atoms with Crippen molar-refractivity contribution in [2.24, 2.45) is 5.73 Å². The van der Waals surface area contributed by atoms with Gasteiger partial charge in [0.15, 0.2) is 0 Å². The Balaban J connectivity index is 1.67. The average molecular weight is 332 g/mol. The number of methoxy groups -OCH3 is 1. The summed E-state index contributed by atoms with van der Waals surface area (Å²) >= 11 is 0. The minimum atomic E-state index is -0.230. The van der Waals surface area contributed by atoms with E-state index < -0.39 is 0 Å². The van der Waals surface area contributed by atoms with Crippen LogP contribution >= 0.6 is 0 Å². The van der Waals surface area contributed by atoms with E-state index >= 15 is 0 Å². The van der Waals surface area contributed by atoms with E-state index in [9.17, 15) is 9.59 Å². The molecule has 0 bridgehead atoms. The van der Waals surface area contributed by atoms with Crippen LogP contribution in [0.3, 0.4) is 0 Å². The molecule has 130 valence electrons. The molecule has 1 unspecified atom stereocenters. The van der Waals surface area contributed by atoms with E-state index in [1.807, 2.05) is 33.7 Å². The van der Waals surface area contributed by atoms with Gasteiger partial charge in [-0.2, -0.15) is 0 Å². The number of hydrogen-bond acceptors (Lipinski definition) is 4. The number of nitrogens with zero attached hydrogens (tertiary/aromatic N) is 2. The summed E-state index contributed by atoms with van der Waals surface area (Å²) in [5, 5.41) is 0. The molecule has 0 radical (unpaired) electrons. The smallest absolute Gasteiger partial charge is 0.326 e. The fourth-order valence-corrected chi connectivity index (χ4v) is 3.40. The van der Waals surface area contributed by atoms with Crippen molar-refractivity contribution in [1.29, 1.82) is 0 Å². The number of fused-ring (bicyclic) bond motifs is 1. The molecule has 2 heterocycles. The van der Waals surface area contributed by atoms with Gasteiger partial charge in [-0.25, -0.2) is 4.79 Å². The summed E-state index contributed by atoms with van der Waals surface area (Å²) in [6, 6.07) is 7.82. The summed E-state index contributed by atoms with van der Waals surface area (Å²) in [5.74, 6) is 0.0667. The largest absolute Gasteiger partial charge is 0.380 e. The molecule has 1 atom stereocenters. The molecule has 3 N–H and O–H groups in total. The Morgan fingerprint density at radius 1 is 1.38 bits per heavy atom. The zero-order valence-corrected chi connectivity index (χ0v) is 13.9. The first kappa shape index (κ1) is 16.7. The zero-order chi connectivity index (χ0) is 17.1. The third kappa shape index (κ3) is 3.22. The summed E-state index contributed by atoms with van der Waals surface area (Å²) in [7, 11) is 1.57. The summed E-state index contributed by atoms with van der Waals surface area (Å²) < 4.78 is 7.01. The number of H-pyrrole nitrogens is 1. The first-order valence-corrected chi connectivity index (χ1v) is 8.34. The number of hydrogen-bond donors (Lipinski definition) is 2. The topological polar surface area (TPSA) is 93.3 Å². The molecule has 1 aliphatic rings. The normalized spacial score (nSPS) is 17.3. The molecular weight excluding hydrogens is 308 g/mol. The van der Waals surface area contributed by atoms with Crippen molar-refractivity contribution in [3.05, 3.63) is 34.7 Å². The Bertz CT molecular complexity index is 755. The molecule has 1 aromatic carbocycles. The van der Waals surface area contributed by atoms with Crippen molar-refractivity contribution < 1.29 is 9.53 Å². The van der Waals surface area contributed by atoms with Gasteiger partial charge >= 0.3 is 5.69 Å². The quantitative estimate of drug-likeness (QED) is 0.849. The molecule has 0 aliphatic carbocycles. The Kier molecular flexibility index (Phi) is 5.01. The van der Waals surface area contributed by atoms with Gasteiger partial charge in [0, 0.05) is 32.8 Å². The van der Waals surface area contributed by atoms with Crippen LogP contribution < -0.4 is 11.4 Å². The van der Waals surface area contributed by atoms with Gasteiger partial charge in [0.2, 0.25) is 5.91 Å². The Morgan fingerprint density at radius 2 is 2.08 bits per heavy atom. The summed E-state index contributed by atoms with van der Waals surface area (Å²) in [6.07, 6.45) is 1.62. The van der Waals surface area contributed by atoms with E-state index in [0.717, 1.165) is 23.9 Å². The first-order valence-electron chi connectivity index (χ1n) is 8.34. The van der Waals surface area contributed by atoms with Gasteiger partial charge < -0.3 is 20.4 Å². The van der Waals surface area contributed by atoms with Crippen molar-refractivity contribution in [2.45, 2.75) is 31.4 Å². The van der Waals surface area contributed by atoms with Crippen LogP contribution in [0.25, 0.3) is 11.0 Å². The number of imidazole rings is 1. The molecule has 7 nitrogen and oxygen atoms in total. The van der Waals surface area contributed by atoms with Crippen molar-refractivity contribution in [2.75, 3.05) is 26.7 Å². The van der Waals surface area contributed by atoms with Crippen molar-refractivity contribution in [3.63, 3.8) is 0 Å². The summed E-state index contributed by atoms with van der Waals surface area (Å²) in [4.78, 5) is 29.3. The van der Waals surface area contributed by atoms with Gasteiger partial charge in [0.25, 0.3) is 0 Å². The van der Waals surface area contributed by atoms with Gasteiger partial charge in [0.1, 0.15) is 0 Å². The molecule has 2 aromatic rings. The highest BCUT2D eigenvalue weighted by Gasteiger charge is 2.27. The number of piperidine rings is 1. The van der Waals surface area contributed by atoms with Gasteiger partial charge in [-0.15, -0.1) is 0 Å². The lowest BCUT2D eigenvalue weighted by Gasteiger charge is -2.33. The molecule has 7 heteroatoms. The molecule has 0 spiro atoms. The van der Waals surface area contributed by atoms with Crippen LogP contribution in [-0.4, -0.2) is 53.2 Å². The number of aromatic amines is 1. The maximum atomic E-state index is 12.3. The van der Waals surface area contributed by atoms with Crippen molar-refractivity contribution in [1.82, 2.24) is 14.5 Å². The average Bonchev–Trinajstić information content (AvgIpc) is 2.95. The van der Waals surface area contributed by atoms with Crippen LogP contribution in [0, 0.1) is 0 Å². The van der Waals surface area contributed by atoms with Crippen LogP contribution in [0.2, 0.25) is 0 Å². The standard InChI is InChI=1S/C17H24N4O3/c1-24-13(11-18)10-16(22)20-8-6-12(7-9-20)21-15-5-3-2-4-14(15)19-17(21)23/h2-5,12-13H,6-11,18H2,1H3,(H,19,23). The lowest BCUT2D eigenvalue weighted by molar-refractivity contribution is -0.134. The molecule has 1 saturated heterocycles. The van der Waals surface area contributed by atoms with Crippen LogP contribution in [0.1, 0.15) is 25.3 Å². The molecule has 1 amide bonds. The van der Waals surface area contributed by atoms with Crippen molar-refractivity contribution >= 4 is 16.9 Å². The lowest BCUT2D eigenvalue weighted by Crippen LogP contribution is -2.42. The Labute approximate surface area is 140 Å². The zero-order valence-electron chi connectivity index (χ0n) is 13.9. The third-order valence-corrected chi connectivity index (χ3v) is 4.80. The van der Waals surface area contributed by atoms with E-state index in [4.69, 9.17) is 10.5 Å². The molecule has 3 rings (SSSR count). The number of benzene rings is 1. The third-order valence-electron chi connectivity index (χ3n) is 4.80. The van der Waals surface area contributed by atoms with E-state index in [1.54, 1.807) is 7.11 Å². The van der Waals surface area contributed by atoms with Crippen LogP contribution in [-0.2, 0) is 9.53 Å². The van der Waals surface area contributed by atoms with Crippen molar-refractivity contribution in [3.8, 4) is 0 Å². The number of rotatable bonds is 5. The van der Waals surface area contributed by atoms with E-state index in [1.165, 1.54) is 0 Å². The van der Waals surface area contributed by atoms with E-state index in [-0.39, 0.29) is 23.7 Å². The highest BCUT2D eigenvalue weighted by molar-refractivity contribution is 5.77. The van der Waals surface area contributed by atoms with Gasteiger partial charge in [-0.05, 0) is 25.0 Å². The number of carbonyl (C=O) groups is 1. The summed E-state index contributed by atoms with van der Waals surface area (Å²) in [5.41, 5.74) is 7.28. The minimum Gasteiger partial charge on any atom is -0.380 e. The van der Waals surface area contributed by atoms with E-state index in [2.05, 4.69) is 4.98 Å². The van der Waals surface area contributed by atoms with Crippen LogP contribution in [0.4, 0.5) is 0 Å².